The summed E-state index contributed by atoms with van der Waals surface area (Å²) >= 11 is 0. The molecule has 0 saturated heterocycles. The van der Waals surface area contributed by atoms with Crippen molar-refractivity contribution in [3.63, 3.8) is 0 Å². The van der Waals surface area contributed by atoms with Gasteiger partial charge in [0.15, 0.2) is 0 Å². The van der Waals surface area contributed by atoms with Crippen molar-refractivity contribution in [2.24, 2.45) is 0 Å². The molecular weight excluding hydrogens is 439 g/mol. The van der Waals surface area contributed by atoms with Crippen molar-refractivity contribution in [1.29, 1.82) is 0 Å². The Balaban J connectivity index is 0.00000133. The van der Waals surface area contributed by atoms with Crippen LogP contribution in [0, 0.1) is 5.82 Å². The lowest BCUT2D eigenvalue weighted by Gasteiger charge is -2.10. The van der Waals surface area contributed by atoms with Gasteiger partial charge in [-0.15, -0.1) is 0 Å². The van der Waals surface area contributed by atoms with E-state index >= 15 is 0 Å². The molecule has 0 aliphatic carbocycles. The van der Waals surface area contributed by atoms with Gasteiger partial charge in [0.2, 0.25) is 0 Å². The number of rotatable bonds is 15. The molecule has 0 aliphatic rings. The Bertz CT molecular complexity index is 873. The fourth-order valence-corrected chi connectivity index (χ4v) is 2.71. The van der Waals surface area contributed by atoms with Gasteiger partial charge in [-0.05, 0) is 61.6 Å². The number of carbonyl (C=O) groups is 2. The van der Waals surface area contributed by atoms with Gasteiger partial charge in [-0.1, -0.05) is 25.3 Å². The van der Waals surface area contributed by atoms with E-state index in [0.717, 1.165) is 36.8 Å². The van der Waals surface area contributed by atoms with Gasteiger partial charge in [0, 0.05) is 31.4 Å². The molecule has 0 radical (unpaired) electrons. The summed E-state index contributed by atoms with van der Waals surface area (Å²) in [4.78, 5) is 20.0. The number of unbranched alkanes of at least 4 members (excludes halogenated alkanes) is 2. The van der Waals surface area contributed by atoms with Gasteiger partial charge in [-0.3, -0.25) is 4.79 Å². The zero-order chi connectivity index (χ0) is 25.0. The van der Waals surface area contributed by atoms with Crippen LogP contribution in [0.2, 0.25) is 0 Å². The van der Waals surface area contributed by atoms with Crippen LogP contribution >= 0.6 is 0 Å². The molecule has 0 amide bonds. The quantitative estimate of drug-likeness (QED) is 0.146. The number of hydrogen-bond donors (Lipinski definition) is 0. The molecule has 0 heterocycles. The second-order valence-corrected chi connectivity index (χ2v) is 7.01. The number of methoxy groups -OCH3 is 1. The lowest BCUT2D eigenvalue weighted by molar-refractivity contribution is -0.137. The second kappa shape index (κ2) is 18.0. The van der Waals surface area contributed by atoms with Crippen LogP contribution in [0.4, 0.5) is 4.39 Å². The minimum absolute atomic E-state index is 0.314. The number of allylic oxidation sites excluding steroid dienone is 1. The smallest absolute Gasteiger partial charge is 0.330 e. The molecule has 0 fully saturated rings. The molecule has 7 heteroatoms. The average Bonchev–Trinajstić information content (AvgIpc) is 2.86. The number of halogens is 1. The lowest BCUT2D eigenvalue weighted by Crippen LogP contribution is -2.04. The molecule has 2 aromatic carbocycles. The van der Waals surface area contributed by atoms with E-state index < -0.39 is 5.97 Å². The summed E-state index contributed by atoms with van der Waals surface area (Å²) in [5.74, 6) is 0.446. The molecule has 0 aromatic heterocycles. The van der Waals surface area contributed by atoms with Crippen molar-refractivity contribution in [2.45, 2.75) is 25.7 Å². The maximum absolute atomic E-state index is 14.5. The first-order chi connectivity index (χ1) is 16.5. The van der Waals surface area contributed by atoms with E-state index in [9.17, 15) is 9.18 Å². The predicted octanol–water partition coefficient (Wildman–Crippen LogP) is 5.56. The third-order valence-corrected chi connectivity index (χ3v) is 4.43. The molecule has 0 spiro atoms. The Hall–Kier alpha value is -3.45. The number of aldehydes is 1. The van der Waals surface area contributed by atoms with Crippen LogP contribution in [0.15, 0.2) is 67.8 Å². The summed E-state index contributed by atoms with van der Waals surface area (Å²) in [6, 6.07) is 12.2. The Morgan fingerprint density at radius 1 is 0.882 bits per heavy atom. The van der Waals surface area contributed by atoms with Crippen LogP contribution in [0.1, 0.15) is 25.7 Å². The minimum atomic E-state index is -0.435. The normalized spacial score (nSPS) is 9.82. The number of carbonyl (C=O) groups excluding carboxylic acids is 2. The van der Waals surface area contributed by atoms with Gasteiger partial charge in [-0.2, -0.15) is 0 Å². The standard InChI is InChI=1S/C24H29FO5.C3H4O/c1-3-24(26)30-17-7-6-16-29-21-12-13-22(23(25)18-21)19-8-10-20(11-9-19)28-15-5-4-14-27-2;1-2-3-4/h3,8-13,18H,1,4-7,14-17H2,2H3;2-3H,1H2. The van der Waals surface area contributed by atoms with E-state index in [1.165, 1.54) is 12.1 Å². The highest BCUT2D eigenvalue weighted by Crippen LogP contribution is 2.28. The molecule has 2 aromatic rings. The fraction of sp³-hybridized carbons (Fsp3) is 0.333. The van der Waals surface area contributed by atoms with Gasteiger partial charge in [-0.25, -0.2) is 9.18 Å². The SMILES string of the molecule is C=CC(=O)OCCCCOc1ccc(-c2ccc(OCCCCOC)cc2)c(F)c1.C=CC=O. The van der Waals surface area contributed by atoms with Crippen LogP contribution in [0.5, 0.6) is 11.5 Å². The van der Waals surface area contributed by atoms with Crippen molar-refractivity contribution in [3.05, 3.63) is 73.6 Å². The van der Waals surface area contributed by atoms with Gasteiger partial charge in [0.25, 0.3) is 0 Å². The monoisotopic (exact) mass is 472 g/mol. The lowest BCUT2D eigenvalue weighted by atomic mass is 10.0. The van der Waals surface area contributed by atoms with Crippen LogP contribution in [-0.4, -0.2) is 45.8 Å². The fourth-order valence-electron chi connectivity index (χ4n) is 2.71. The predicted molar refractivity (Wildman–Crippen MR) is 131 cm³/mol. The summed E-state index contributed by atoms with van der Waals surface area (Å²) in [5, 5.41) is 0. The van der Waals surface area contributed by atoms with Crippen molar-refractivity contribution in [2.75, 3.05) is 33.5 Å². The molecule has 0 unspecified atom stereocenters. The van der Waals surface area contributed by atoms with E-state index in [0.29, 0.717) is 50.3 Å². The number of esters is 1. The molecule has 34 heavy (non-hydrogen) atoms. The molecule has 0 atom stereocenters. The Kier molecular flexibility index (Phi) is 15.2. The largest absolute Gasteiger partial charge is 0.494 e. The summed E-state index contributed by atoms with van der Waals surface area (Å²) in [6.07, 6.45) is 6.20. The number of benzene rings is 2. The van der Waals surface area contributed by atoms with Gasteiger partial charge in [0.05, 0.1) is 19.8 Å². The molecule has 0 bridgehead atoms. The molecule has 2 rings (SSSR count). The Labute approximate surface area is 201 Å². The third kappa shape index (κ3) is 12.0. The topological polar surface area (TPSA) is 71.1 Å². The summed E-state index contributed by atoms with van der Waals surface area (Å²) in [7, 11) is 1.68. The first-order valence-electron chi connectivity index (χ1n) is 11.1. The Morgan fingerprint density at radius 3 is 2.00 bits per heavy atom. The zero-order valence-corrected chi connectivity index (χ0v) is 19.7. The maximum atomic E-state index is 14.5. The third-order valence-electron chi connectivity index (χ3n) is 4.43. The van der Waals surface area contributed by atoms with Gasteiger partial charge >= 0.3 is 5.97 Å². The van der Waals surface area contributed by atoms with Gasteiger partial charge < -0.3 is 18.9 Å². The molecule has 6 nitrogen and oxygen atoms in total. The van der Waals surface area contributed by atoms with E-state index in [1.807, 2.05) is 24.3 Å². The maximum Gasteiger partial charge on any atom is 0.330 e. The van der Waals surface area contributed by atoms with Crippen LogP contribution in [-0.2, 0) is 19.1 Å². The van der Waals surface area contributed by atoms with Crippen molar-refractivity contribution < 1.29 is 32.9 Å². The van der Waals surface area contributed by atoms with Gasteiger partial charge in [0.1, 0.15) is 23.6 Å². The van der Waals surface area contributed by atoms with Crippen LogP contribution in [0.3, 0.4) is 0 Å². The molecule has 184 valence electrons. The summed E-state index contributed by atoms with van der Waals surface area (Å²) < 4.78 is 35.7. The molecular formula is C27H33FO6. The molecule has 0 N–H and O–H groups in total. The molecule has 0 saturated carbocycles. The number of ether oxygens (including phenoxy) is 4. The Morgan fingerprint density at radius 2 is 1.44 bits per heavy atom. The minimum Gasteiger partial charge on any atom is -0.494 e. The average molecular weight is 473 g/mol. The second-order valence-electron chi connectivity index (χ2n) is 7.01. The van der Waals surface area contributed by atoms with Crippen molar-refractivity contribution in [3.8, 4) is 22.6 Å². The van der Waals surface area contributed by atoms with Crippen molar-refractivity contribution in [1.82, 2.24) is 0 Å². The van der Waals surface area contributed by atoms with Crippen molar-refractivity contribution >= 4 is 12.3 Å². The first kappa shape index (κ1) is 28.6. The highest BCUT2D eigenvalue weighted by Gasteiger charge is 2.08. The zero-order valence-electron chi connectivity index (χ0n) is 19.7. The summed E-state index contributed by atoms with van der Waals surface area (Å²) in [5.41, 5.74) is 1.28. The van der Waals surface area contributed by atoms with Crippen LogP contribution < -0.4 is 9.47 Å². The highest BCUT2D eigenvalue weighted by molar-refractivity contribution is 5.81. The highest BCUT2D eigenvalue weighted by atomic mass is 19.1. The van der Waals surface area contributed by atoms with E-state index in [1.54, 1.807) is 19.2 Å². The molecule has 0 aliphatic heterocycles. The van der Waals surface area contributed by atoms with E-state index in [2.05, 4.69) is 13.2 Å². The number of hydrogen-bond acceptors (Lipinski definition) is 6. The van der Waals surface area contributed by atoms with E-state index in [4.69, 9.17) is 23.7 Å². The van der Waals surface area contributed by atoms with Crippen LogP contribution in [0.25, 0.3) is 11.1 Å². The van der Waals surface area contributed by atoms with E-state index in [-0.39, 0.29) is 5.82 Å². The summed E-state index contributed by atoms with van der Waals surface area (Å²) in [6.45, 7) is 8.53. The first-order valence-corrected chi connectivity index (χ1v) is 11.1.